The first-order valence-electron chi connectivity index (χ1n) is 4.98. The molecule has 2 atom stereocenters. The standard InChI is InChI=1S/C10H14N2O2S/c1-6-3-7(6)5-12(2)10-11-4-8(15-10)9(13)14/h4,6-7H,3,5H2,1-2H3,(H,13,14). The maximum atomic E-state index is 10.7. The molecule has 2 unspecified atom stereocenters. The molecule has 0 aromatic carbocycles. The van der Waals surface area contributed by atoms with Crippen molar-refractivity contribution in [3.63, 3.8) is 0 Å². The van der Waals surface area contributed by atoms with Crippen molar-refractivity contribution in [1.82, 2.24) is 4.98 Å². The molecule has 1 saturated carbocycles. The van der Waals surface area contributed by atoms with E-state index in [0.717, 1.165) is 23.5 Å². The number of rotatable bonds is 4. The van der Waals surface area contributed by atoms with Crippen LogP contribution in [-0.4, -0.2) is 29.7 Å². The first-order valence-corrected chi connectivity index (χ1v) is 5.80. The zero-order valence-corrected chi connectivity index (χ0v) is 9.62. The van der Waals surface area contributed by atoms with Crippen LogP contribution in [0.25, 0.3) is 0 Å². The van der Waals surface area contributed by atoms with Crippen molar-refractivity contribution >= 4 is 22.4 Å². The van der Waals surface area contributed by atoms with Crippen molar-refractivity contribution in [1.29, 1.82) is 0 Å². The van der Waals surface area contributed by atoms with Gasteiger partial charge in [0.1, 0.15) is 4.88 Å². The van der Waals surface area contributed by atoms with E-state index in [2.05, 4.69) is 11.9 Å². The second-order valence-electron chi connectivity index (χ2n) is 4.17. The van der Waals surface area contributed by atoms with Crippen molar-refractivity contribution in [2.75, 3.05) is 18.5 Å². The summed E-state index contributed by atoms with van der Waals surface area (Å²) in [6.45, 7) is 3.22. The molecule has 1 heterocycles. The Balaban J connectivity index is 1.98. The molecule has 1 N–H and O–H groups in total. The van der Waals surface area contributed by atoms with Gasteiger partial charge in [-0.05, 0) is 18.3 Å². The predicted octanol–water partition coefficient (Wildman–Crippen LogP) is 1.93. The molecule has 1 fully saturated rings. The molecule has 1 aliphatic rings. The summed E-state index contributed by atoms with van der Waals surface area (Å²) in [6, 6.07) is 0. The van der Waals surface area contributed by atoms with Crippen molar-refractivity contribution < 1.29 is 9.90 Å². The maximum Gasteiger partial charge on any atom is 0.347 e. The molecule has 0 bridgehead atoms. The maximum absolute atomic E-state index is 10.7. The highest BCUT2D eigenvalue weighted by atomic mass is 32.1. The largest absolute Gasteiger partial charge is 0.477 e. The highest BCUT2D eigenvalue weighted by molar-refractivity contribution is 7.17. The van der Waals surface area contributed by atoms with Crippen LogP contribution in [0.2, 0.25) is 0 Å². The molecule has 1 aromatic rings. The SMILES string of the molecule is CC1CC1CN(C)c1ncc(C(=O)O)s1. The van der Waals surface area contributed by atoms with E-state index in [1.54, 1.807) is 0 Å². The summed E-state index contributed by atoms with van der Waals surface area (Å²) >= 11 is 1.24. The fraction of sp³-hybridized carbons (Fsp3) is 0.600. The lowest BCUT2D eigenvalue weighted by Crippen LogP contribution is -2.20. The van der Waals surface area contributed by atoms with Gasteiger partial charge in [0, 0.05) is 13.6 Å². The Bertz CT molecular complexity index is 377. The lowest BCUT2D eigenvalue weighted by Gasteiger charge is -2.14. The predicted molar refractivity (Wildman–Crippen MR) is 59.6 cm³/mol. The second-order valence-corrected chi connectivity index (χ2v) is 5.17. The molecule has 2 rings (SSSR count). The summed E-state index contributed by atoms with van der Waals surface area (Å²) in [5.74, 6) is 0.672. The van der Waals surface area contributed by atoms with Crippen molar-refractivity contribution in [3.05, 3.63) is 11.1 Å². The average Bonchev–Trinajstić information content (AvgIpc) is 2.71. The number of carboxylic acid groups (broad SMARTS) is 1. The molecule has 0 amide bonds. The van der Waals surface area contributed by atoms with Crippen LogP contribution in [0.15, 0.2) is 6.20 Å². The Morgan fingerprint density at radius 3 is 2.93 bits per heavy atom. The fourth-order valence-electron chi connectivity index (χ4n) is 1.62. The van der Waals surface area contributed by atoms with Gasteiger partial charge in [-0.1, -0.05) is 18.3 Å². The zero-order chi connectivity index (χ0) is 11.0. The van der Waals surface area contributed by atoms with E-state index in [9.17, 15) is 4.79 Å². The summed E-state index contributed by atoms with van der Waals surface area (Å²) in [6.07, 6.45) is 2.71. The molecule has 1 aromatic heterocycles. The molecule has 0 radical (unpaired) electrons. The number of hydrogen-bond acceptors (Lipinski definition) is 4. The molecule has 15 heavy (non-hydrogen) atoms. The summed E-state index contributed by atoms with van der Waals surface area (Å²) in [7, 11) is 1.97. The highest BCUT2D eigenvalue weighted by Gasteiger charge is 2.33. The smallest absolute Gasteiger partial charge is 0.347 e. The summed E-state index contributed by atoms with van der Waals surface area (Å²) in [5, 5.41) is 9.57. The third-order valence-corrected chi connectivity index (χ3v) is 3.91. The van der Waals surface area contributed by atoms with Crippen LogP contribution in [-0.2, 0) is 0 Å². The first kappa shape index (κ1) is 10.4. The summed E-state index contributed by atoms with van der Waals surface area (Å²) in [5.41, 5.74) is 0. The van der Waals surface area contributed by atoms with E-state index < -0.39 is 5.97 Å². The lowest BCUT2D eigenvalue weighted by molar-refractivity contribution is 0.0702. The van der Waals surface area contributed by atoms with Crippen LogP contribution in [0.4, 0.5) is 5.13 Å². The number of hydrogen-bond donors (Lipinski definition) is 1. The molecule has 4 nitrogen and oxygen atoms in total. The molecule has 0 aliphatic heterocycles. The summed E-state index contributed by atoms with van der Waals surface area (Å²) < 4.78 is 0. The van der Waals surface area contributed by atoms with Crippen LogP contribution in [0, 0.1) is 11.8 Å². The number of carbonyl (C=O) groups is 1. The van der Waals surface area contributed by atoms with E-state index in [0.29, 0.717) is 4.88 Å². The van der Waals surface area contributed by atoms with E-state index in [-0.39, 0.29) is 0 Å². The Hall–Kier alpha value is -1.10. The number of nitrogens with zero attached hydrogens (tertiary/aromatic N) is 2. The third kappa shape index (κ3) is 2.28. The van der Waals surface area contributed by atoms with Crippen LogP contribution >= 0.6 is 11.3 Å². The Morgan fingerprint density at radius 1 is 1.80 bits per heavy atom. The average molecular weight is 226 g/mol. The van der Waals surface area contributed by atoms with Crippen LogP contribution in [0.1, 0.15) is 23.0 Å². The van der Waals surface area contributed by atoms with Crippen LogP contribution < -0.4 is 4.90 Å². The molecule has 0 spiro atoms. The molecule has 5 heteroatoms. The highest BCUT2D eigenvalue weighted by Crippen LogP contribution is 2.39. The third-order valence-electron chi connectivity index (χ3n) is 2.82. The van der Waals surface area contributed by atoms with Gasteiger partial charge >= 0.3 is 5.97 Å². The monoisotopic (exact) mass is 226 g/mol. The van der Waals surface area contributed by atoms with Gasteiger partial charge < -0.3 is 10.0 Å². The quantitative estimate of drug-likeness (QED) is 0.852. The zero-order valence-electron chi connectivity index (χ0n) is 8.80. The second kappa shape index (κ2) is 3.81. The van der Waals surface area contributed by atoms with Gasteiger partial charge in [0.2, 0.25) is 0 Å². The van der Waals surface area contributed by atoms with E-state index in [1.807, 2.05) is 11.9 Å². The van der Waals surface area contributed by atoms with Gasteiger partial charge in [-0.25, -0.2) is 9.78 Å². The number of anilines is 1. The van der Waals surface area contributed by atoms with E-state index in [1.165, 1.54) is 24.0 Å². The van der Waals surface area contributed by atoms with Gasteiger partial charge in [-0.3, -0.25) is 0 Å². The van der Waals surface area contributed by atoms with Gasteiger partial charge in [0.05, 0.1) is 6.20 Å². The topological polar surface area (TPSA) is 53.4 Å². The van der Waals surface area contributed by atoms with E-state index in [4.69, 9.17) is 5.11 Å². The van der Waals surface area contributed by atoms with Gasteiger partial charge in [-0.15, -0.1) is 0 Å². The molecule has 1 aliphatic carbocycles. The van der Waals surface area contributed by atoms with Crippen molar-refractivity contribution in [2.24, 2.45) is 11.8 Å². The molecular weight excluding hydrogens is 212 g/mol. The molecule has 0 saturated heterocycles. The Labute approximate surface area is 92.6 Å². The molecular formula is C10H14N2O2S. The minimum absolute atomic E-state index is 0.306. The van der Waals surface area contributed by atoms with E-state index >= 15 is 0 Å². The minimum atomic E-state index is -0.896. The number of aromatic carboxylic acids is 1. The number of aromatic nitrogens is 1. The first-order chi connectivity index (χ1) is 7.08. The van der Waals surface area contributed by atoms with Gasteiger partial charge in [0.25, 0.3) is 0 Å². The number of carboxylic acids is 1. The van der Waals surface area contributed by atoms with Gasteiger partial charge in [-0.2, -0.15) is 0 Å². The molecule has 82 valence electrons. The number of thiazole rings is 1. The van der Waals surface area contributed by atoms with Gasteiger partial charge in [0.15, 0.2) is 5.13 Å². The van der Waals surface area contributed by atoms with Crippen molar-refractivity contribution in [3.8, 4) is 0 Å². The lowest BCUT2D eigenvalue weighted by atomic mass is 10.3. The Kier molecular flexibility index (Phi) is 2.65. The van der Waals surface area contributed by atoms with Crippen LogP contribution in [0.5, 0.6) is 0 Å². The Morgan fingerprint density at radius 2 is 2.47 bits per heavy atom. The van der Waals surface area contributed by atoms with Crippen LogP contribution in [0.3, 0.4) is 0 Å². The summed E-state index contributed by atoms with van der Waals surface area (Å²) in [4.78, 5) is 17.1. The minimum Gasteiger partial charge on any atom is -0.477 e. The van der Waals surface area contributed by atoms with Crippen molar-refractivity contribution in [2.45, 2.75) is 13.3 Å². The normalized spacial score (nSPS) is 23.9. The fourth-order valence-corrected chi connectivity index (χ4v) is 2.35.